The highest BCUT2D eigenvalue weighted by molar-refractivity contribution is 7.26. The summed E-state index contributed by atoms with van der Waals surface area (Å²) in [6.07, 6.45) is 3.68. The lowest BCUT2D eigenvalue weighted by Crippen LogP contribution is -1.98. The zero-order chi connectivity index (χ0) is 33.0. The SMILES string of the molecule is c1ccc(-c2cc(-c3ccc(-c4cccc5c4sc4ccccc45)c4c3oc3ccccc34)nc(-c3ccccc3-c3cccnc3)n2)cc1. The van der Waals surface area contributed by atoms with Crippen LogP contribution in [0.3, 0.4) is 0 Å². The Kier molecular flexibility index (Phi) is 6.64. The van der Waals surface area contributed by atoms with E-state index in [2.05, 4.69) is 108 Å². The third-order valence-electron chi connectivity index (χ3n) is 9.43. The van der Waals surface area contributed by atoms with Crippen molar-refractivity contribution in [2.24, 2.45) is 0 Å². The maximum Gasteiger partial charge on any atom is 0.161 e. The Morgan fingerprint density at radius 3 is 2.06 bits per heavy atom. The van der Waals surface area contributed by atoms with Crippen LogP contribution in [0.1, 0.15) is 0 Å². The minimum Gasteiger partial charge on any atom is -0.455 e. The number of nitrogens with zero attached hydrogens (tertiary/aromatic N) is 3. The minimum absolute atomic E-state index is 0.643. The quantitative estimate of drug-likeness (QED) is 0.185. The molecule has 0 bridgehead atoms. The first-order chi connectivity index (χ1) is 24.8. The molecule has 0 atom stereocenters. The van der Waals surface area contributed by atoms with Gasteiger partial charge in [-0.25, -0.2) is 9.97 Å². The van der Waals surface area contributed by atoms with Gasteiger partial charge in [0.25, 0.3) is 0 Å². The first-order valence-corrected chi connectivity index (χ1v) is 17.4. The van der Waals surface area contributed by atoms with Gasteiger partial charge in [0.2, 0.25) is 0 Å². The zero-order valence-corrected chi connectivity index (χ0v) is 27.6. The lowest BCUT2D eigenvalue weighted by Gasteiger charge is -2.13. The fourth-order valence-electron chi connectivity index (χ4n) is 7.13. The number of hydrogen-bond donors (Lipinski definition) is 0. The summed E-state index contributed by atoms with van der Waals surface area (Å²) in [5.74, 6) is 0.643. The molecule has 0 spiro atoms. The van der Waals surface area contributed by atoms with Gasteiger partial charge in [-0.2, -0.15) is 0 Å². The number of aromatic nitrogens is 3. The largest absolute Gasteiger partial charge is 0.455 e. The molecule has 0 radical (unpaired) electrons. The van der Waals surface area contributed by atoms with Crippen molar-refractivity contribution in [3.63, 3.8) is 0 Å². The zero-order valence-electron chi connectivity index (χ0n) is 26.7. The van der Waals surface area contributed by atoms with E-state index in [0.717, 1.165) is 66.7 Å². The maximum absolute atomic E-state index is 6.79. The minimum atomic E-state index is 0.643. The van der Waals surface area contributed by atoms with Crippen molar-refractivity contribution in [1.82, 2.24) is 15.0 Å². The van der Waals surface area contributed by atoms with Gasteiger partial charge in [-0.15, -0.1) is 11.3 Å². The second-order valence-electron chi connectivity index (χ2n) is 12.4. The van der Waals surface area contributed by atoms with Gasteiger partial charge in [-0.3, -0.25) is 4.98 Å². The Bertz CT molecular complexity index is 2870. The number of para-hydroxylation sites is 1. The molecule has 0 aliphatic carbocycles. The number of rotatable bonds is 5. The summed E-state index contributed by atoms with van der Waals surface area (Å²) in [5, 5.41) is 4.72. The number of hydrogen-bond acceptors (Lipinski definition) is 5. The molecule has 0 aliphatic heterocycles. The Hall–Kier alpha value is -6.43. The van der Waals surface area contributed by atoms with Crippen LogP contribution in [0, 0.1) is 0 Å². The van der Waals surface area contributed by atoms with Crippen LogP contribution >= 0.6 is 11.3 Å². The molecule has 0 unspecified atom stereocenters. The van der Waals surface area contributed by atoms with E-state index in [-0.39, 0.29) is 0 Å². The van der Waals surface area contributed by atoms with Crippen LogP contribution < -0.4 is 0 Å². The lowest BCUT2D eigenvalue weighted by molar-refractivity contribution is 0.670. The fourth-order valence-corrected chi connectivity index (χ4v) is 8.36. The molecule has 50 heavy (non-hydrogen) atoms. The van der Waals surface area contributed by atoms with E-state index in [1.807, 2.05) is 66.1 Å². The van der Waals surface area contributed by atoms with Gasteiger partial charge in [0.1, 0.15) is 11.2 Å². The third kappa shape index (κ3) is 4.63. The summed E-state index contributed by atoms with van der Waals surface area (Å²) in [6.45, 7) is 0. The molecule has 0 saturated heterocycles. The molecule has 0 amide bonds. The summed E-state index contributed by atoms with van der Waals surface area (Å²) in [6, 6.07) is 52.7. The van der Waals surface area contributed by atoms with Crippen LogP contribution in [0.5, 0.6) is 0 Å². The first kappa shape index (κ1) is 28.6. The van der Waals surface area contributed by atoms with Crippen molar-refractivity contribution >= 4 is 53.4 Å². The van der Waals surface area contributed by atoms with E-state index < -0.39 is 0 Å². The molecule has 234 valence electrons. The van der Waals surface area contributed by atoms with Gasteiger partial charge in [-0.1, -0.05) is 121 Å². The first-order valence-electron chi connectivity index (χ1n) is 16.6. The monoisotopic (exact) mass is 657 g/mol. The van der Waals surface area contributed by atoms with Gasteiger partial charge in [0.05, 0.1) is 11.4 Å². The average molecular weight is 658 g/mol. The van der Waals surface area contributed by atoms with Crippen molar-refractivity contribution in [3.8, 4) is 56.2 Å². The topological polar surface area (TPSA) is 51.8 Å². The molecule has 0 saturated carbocycles. The van der Waals surface area contributed by atoms with Crippen molar-refractivity contribution in [2.75, 3.05) is 0 Å². The van der Waals surface area contributed by atoms with Gasteiger partial charge in [-0.05, 0) is 41.5 Å². The molecule has 4 heterocycles. The van der Waals surface area contributed by atoms with E-state index in [9.17, 15) is 0 Å². The van der Waals surface area contributed by atoms with E-state index in [1.54, 1.807) is 6.20 Å². The number of pyridine rings is 1. The Morgan fingerprint density at radius 1 is 0.480 bits per heavy atom. The fraction of sp³-hybridized carbons (Fsp3) is 0. The molecule has 10 rings (SSSR count). The van der Waals surface area contributed by atoms with E-state index >= 15 is 0 Å². The standard InChI is InChI=1S/C45H27N3OS/c1-2-12-28(13-3-1)38-26-39(48-45(47-38)35-17-5-4-15-30(35)29-14-11-25-46-27-29)36-24-23-32(42-37-18-6-8-21-40(37)49-43(36)42)34-20-10-19-33-31-16-7-9-22-41(31)50-44(33)34/h1-27H. The van der Waals surface area contributed by atoms with Crippen LogP contribution in [0.15, 0.2) is 168 Å². The Labute approximate surface area is 292 Å². The molecule has 6 aromatic carbocycles. The van der Waals surface area contributed by atoms with Crippen LogP contribution in [-0.2, 0) is 0 Å². The summed E-state index contributed by atoms with van der Waals surface area (Å²) in [7, 11) is 0. The third-order valence-corrected chi connectivity index (χ3v) is 10.7. The highest BCUT2D eigenvalue weighted by Crippen LogP contribution is 2.46. The maximum atomic E-state index is 6.79. The van der Waals surface area contributed by atoms with Crippen molar-refractivity contribution < 1.29 is 4.42 Å². The van der Waals surface area contributed by atoms with Crippen LogP contribution in [-0.4, -0.2) is 15.0 Å². The van der Waals surface area contributed by atoms with Crippen LogP contribution in [0.25, 0.3) is 98.3 Å². The highest BCUT2D eigenvalue weighted by Gasteiger charge is 2.22. The van der Waals surface area contributed by atoms with Crippen molar-refractivity contribution in [2.45, 2.75) is 0 Å². The number of fused-ring (bicyclic) bond motifs is 6. The lowest BCUT2D eigenvalue weighted by atomic mass is 9.94. The second kappa shape index (κ2) is 11.6. The number of thiophene rings is 1. The normalized spacial score (nSPS) is 11.6. The Balaban J connectivity index is 1.25. The van der Waals surface area contributed by atoms with Gasteiger partial charge in [0, 0.05) is 71.2 Å². The van der Waals surface area contributed by atoms with E-state index in [0.29, 0.717) is 5.82 Å². The van der Waals surface area contributed by atoms with Crippen LogP contribution in [0.4, 0.5) is 0 Å². The molecule has 5 heteroatoms. The second-order valence-corrected chi connectivity index (χ2v) is 13.4. The summed E-state index contributed by atoms with van der Waals surface area (Å²) in [4.78, 5) is 14.9. The van der Waals surface area contributed by atoms with E-state index in [1.165, 1.54) is 25.7 Å². The van der Waals surface area contributed by atoms with Crippen LogP contribution in [0.2, 0.25) is 0 Å². The highest BCUT2D eigenvalue weighted by atomic mass is 32.1. The Morgan fingerprint density at radius 2 is 1.18 bits per heavy atom. The van der Waals surface area contributed by atoms with Crippen molar-refractivity contribution in [3.05, 3.63) is 164 Å². The molecule has 4 nitrogen and oxygen atoms in total. The molecule has 0 fully saturated rings. The predicted molar refractivity (Wildman–Crippen MR) is 207 cm³/mol. The average Bonchev–Trinajstić information content (AvgIpc) is 3.77. The number of benzene rings is 6. The smallest absolute Gasteiger partial charge is 0.161 e. The molecule has 4 aromatic heterocycles. The molecule has 0 N–H and O–H groups in total. The summed E-state index contributed by atoms with van der Waals surface area (Å²) >= 11 is 1.84. The van der Waals surface area contributed by atoms with Gasteiger partial charge in [0.15, 0.2) is 5.82 Å². The molecular weight excluding hydrogens is 631 g/mol. The summed E-state index contributed by atoms with van der Waals surface area (Å²) < 4.78 is 9.35. The van der Waals surface area contributed by atoms with Gasteiger partial charge >= 0.3 is 0 Å². The van der Waals surface area contributed by atoms with Gasteiger partial charge < -0.3 is 4.42 Å². The molecular formula is C45H27N3OS. The molecule has 10 aromatic rings. The van der Waals surface area contributed by atoms with Crippen molar-refractivity contribution in [1.29, 1.82) is 0 Å². The van der Waals surface area contributed by atoms with E-state index in [4.69, 9.17) is 14.4 Å². The predicted octanol–water partition coefficient (Wildman–Crippen LogP) is 12.5. The number of furan rings is 1. The molecule has 0 aliphatic rings. The summed E-state index contributed by atoms with van der Waals surface area (Å²) in [5.41, 5.74) is 10.6.